The molecule has 0 aromatic heterocycles. The summed E-state index contributed by atoms with van der Waals surface area (Å²) in [6.45, 7) is 13.9. The average Bonchev–Trinajstić information content (AvgIpc) is 2.09. The fourth-order valence-electron chi connectivity index (χ4n) is 1.37. The standard InChI is InChI=1S/C13H28S2/c1-11(2)9-7-8-10-13(5,6)15-14-12(3)4/h11-12H,7-10H2,1-6H3. The second kappa shape index (κ2) is 7.89. The molecule has 0 aliphatic carbocycles. The first-order chi connectivity index (χ1) is 6.83. The van der Waals surface area contributed by atoms with Crippen LogP contribution in [0.1, 0.15) is 67.2 Å². The Balaban J connectivity index is 3.55. The molecule has 0 saturated carbocycles. The molecule has 0 unspecified atom stereocenters. The predicted molar refractivity (Wildman–Crippen MR) is 77.7 cm³/mol. The van der Waals surface area contributed by atoms with Crippen molar-refractivity contribution in [3.05, 3.63) is 0 Å². The highest BCUT2D eigenvalue weighted by molar-refractivity contribution is 8.77. The Labute approximate surface area is 105 Å². The molecule has 0 amide bonds. The van der Waals surface area contributed by atoms with Gasteiger partial charge in [0.05, 0.1) is 0 Å². The summed E-state index contributed by atoms with van der Waals surface area (Å²) in [5, 5.41) is 0.741. The molecule has 0 heterocycles. The number of unbranched alkanes of at least 4 members (excludes halogenated alkanes) is 1. The van der Waals surface area contributed by atoms with Gasteiger partial charge in [-0.1, -0.05) is 68.5 Å². The third-order valence-electron chi connectivity index (χ3n) is 2.28. The van der Waals surface area contributed by atoms with Crippen LogP contribution in [0.15, 0.2) is 0 Å². The summed E-state index contributed by atoms with van der Waals surface area (Å²) < 4.78 is 0.450. The van der Waals surface area contributed by atoms with E-state index in [-0.39, 0.29) is 0 Å². The van der Waals surface area contributed by atoms with E-state index in [1.54, 1.807) is 0 Å². The zero-order valence-corrected chi connectivity index (χ0v) is 12.9. The van der Waals surface area contributed by atoms with Crippen LogP contribution in [0.25, 0.3) is 0 Å². The summed E-state index contributed by atoms with van der Waals surface area (Å²) in [5.41, 5.74) is 0. The Hall–Kier alpha value is 0.700. The second-order valence-corrected chi connectivity index (χ2v) is 9.11. The largest absolute Gasteiger partial charge is 0.0908 e. The van der Waals surface area contributed by atoms with E-state index in [0.29, 0.717) is 4.75 Å². The van der Waals surface area contributed by atoms with Crippen LogP contribution in [0.2, 0.25) is 0 Å². The van der Waals surface area contributed by atoms with Crippen molar-refractivity contribution in [3.8, 4) is 0 Å². The van der Waals surface area contributed by atoms with Crippen molar-refractivity contribution < 1.29 is 0 Å². The maximum atomic E-state index is 2.38. The lowest BCUT2D eigenvalue weighted by molar-refractivity contribution is 0.502. The fraction of sp³-hybridized carbons (Fsp3) is 1.00. The monoisotopic (exact) mass is 248 g/mol. The highest BCUT2D eigenvalue weighted by atomic mass is 33.1. The lowest BCUT2D eigenvalue weighted by atomic mass is 10.0. The molecule has 0 N–H and O–H groups in total. The van der Waals surface area contributed by atoms with Gasteiger partial charge in [0, 0.05) is 10.00 Å². The minimum atomic E-state index is 0.450. The van der Waals surface area contributed by atoms with E-state index in [2.05, 4.69) is 52.3 Å². The minimum Gasteiger partial charge on any atom is -0.0908 e. The molecule has 2 heteroatoms. The van der Waals surface area contributed by atoms with Gasteiger partial charge in [-0.05, 0) is 26.2 Å². The van der Waals surface area contributed by atoms with Crippen LogP contribution in [-0.2, 0) is 0 Å². The molecule has 0 atom stereocenters. The topological polar surface area (TPSA) is 0 Å². The Bertz CT molecular complexity index is 151. The zero-order chi connectivity index (χ0) is 11.9. The highest BCUT2D eigenvalue weighted by Crippen LogP contribution is 2.41. The third-order valence-corrected chi connectivity index (χ3v) is 6.21. The number of hydrogen-bond acceptors (Lipinski definition) is 2. The fourth-order valence-corrected chi connectivity index (χ4v) is 3.66. The average molecular weight is 249 g/mol. The van der Waals surface area contributed by atoms with Crippen LogP contribution in [0.4, 0.5) is 0 Å². The summed E-state index contributed by atoms with van der Waals surface area (Å²) in [6.07, 6.45) is 5.52. The van der Waals surface area contributed by atoms with Crippen LogP contribution < -0.4 is 0 Å². The van der Waals surface area contributed by atoms with Gasteiger partial charge in [0.1, 0.15) is 0 Å². The molecule has 0 spiro atoms. The Morgan fingerprint density at radius 3 is 2.07 bits per heavy atom. The summed E-state index contributed by atoms with van der Waals surface area (Å²) in [4.78, 5) is 0. The van der Waals surface area contributed by atoms with E-state index in [9.17, 15) is 0 Å². The molecule has 0 aliphatic rings. The normalized spacial score (nSPS) is 12.8. The molecule has 0 aliphatic heterocycles. The van der Waals surface area contributed by atoms with Gasteiger partial charge in [0.25, 0.3) is 0 Å². The lowest BCUT2D eigenvalue weighted by Crippen LogP contribution is -2.13. The van der Waals surface area contributed by atoms with Crippen molar-refractivity contribution >= 4 is 21.6 Å². The van der Waals surface area contributed by atoms with E-state index >= 15 is 0 Å². The predicted octanol–water partition coefficient (Wildman–Crippen LogP) is 5.77. The van der Waals surface area contributed by atoms with Gasteiger partial charge in [0.2, 0.25) is 0 Å². The van der Waals surface area contributed by atoms with E-state index in [0.717, 1.165) is 11.2 Å². The van der Waals surface area contributed by atoms with Crippen molar-refractivity contribution in [1.29, 1.82) is 0 Å². The summed E-state index contributed by atoms with van der Waals surface area (Å²) in [5.74, 6) is 0.866. The van der Waals surface area contributed by atoms with Gasteiger partial charge >= 0.3 is 0 Å². The third kappa shape index (κ3) is 11.0. The van der Waals surface area contributed by atoms with Crippen LogP contribution in [0, 0.1) is 5.92 Å². The molecule has 0 nitrogen and oxygen atoms in total. The SMILES string of the molecule is CC(C)CCCCC(C)(C)SSC(C)C. The van der Waals surface area contributed by atoms with Crippen molar-refractivity contribution in [2.45, 2.75) is 77.2 Å². The first kappa shape index (κ1) is 15.7. The second-order valence-electron chi connectivity index (χ2n) is 5.63. The summed E-state index contributed by atoms with van der Waals surface area (Å²) >= 11 is 0. The number of hydrogen-bond donors (Lipinski definition) is 0. The molecule has 0 rings (SSSR count). The number of rotatable bonds is 8. The van der Waals surface area contributed by atoms with Crippen LogP contribution >= 0.6 is 21.6 Å². The van der Waals surface area contributed by atoms with Crippen LogP contribution in [0.5, 0.6) is 0 Å². The van der Waals surface area contributed by atoms with Crippen LogP contribution in [-0.4, -0.2) is 10.00 Å². The van der Waals surface area contributed by atoms with Crippen molar-refractivity contribution in [3.63, 3.8) is 0 Å². The first-order valence-electron chi connectivity index (χ1n) is 6.18. The molecule has 0 saturated heterocycles. The van der Waals surface area contributed by atoms with Crippen molar-refractivity contribution in [2.24, 2.45) is 5.92 Å². The van der Waals surface area contributed by atoms with Gasteiger partial charge in [-0.15, -0.1) is 0 Å². The van der Waals surface area contributed by atoms with Crippen molar-refractivity contribution in [2.75, 3.05) is 0 Å². The minimum absolute atomic E-state index is 0.450. The lowest BCUT2D eigenvalue weighted by Gasteiger charge is -2.24. The molecule has 0 fully saturated rings. The van der Waals surface area contributed by atoms with Crippen molar-refractivity contribution in [1.82, 2.24) is 0 Å². The van der Waals surface area contributed by atoms with Gasteiger partial charge in [-0.25, -0.2) is 0 Å². The van der Waals surface area contributed by atoms with E-state index < -0.39 is 0 Å². The summed E-state index contributed by atoms with van der Waals surface area (Å²) in [6, 6.07) is 0. The molecule has 92 valence electrons. The molecule has 0 bridgehead atoms. The van der Waals surface area contributed by atoms with Gasteiger partial charge in [-0.2, -0.15) is 0 Å². The van der Waals surface area contributed by atoms with Gasteiger partial charge < -0.3 is 0 Å². The Kier molecular flexibility index (Phi) is 8.26. The molecular weight excluding hydrogens is 220 g/mol. The molecule has 0 radical (unpaired) electrons. The van der Waals surface area contributed by atoms with Crippen LogP contribution in [0.3, 0.4) is 0 Å². The Morgan fingerprint density at radius 2 is 1.60 bits per heavy atom. The van der Waals surface area contributed by atoms with E-state index in [1.807, 2.05) is 10.8 Å². The highest BCUT2D eigenvalue weighted by Gasteiger charge is 2.18. The summed E-state index contributed by atoms with van der Waals surface area (Å²) in [7, 11) is 4.08. The maximum Gasteiger partial charge on any atom is 0.0207 e. The van der Waals surface area contributed by atoms with E-state index in [4.69, 9.17) is 0 Å². The maximum absolute atomic E-state index is 2.38. The van der Waals surface area contributed by atoms with E-state index in [1.165, 1.54) is 25.7 Å². The quantitative estimate of drug-likeness (QED) is 0.395. The van der Waals surface area contributed by atoms with Gasteiger partial charge in [0.15, 0.2) is 0 Å². The molecule has 0 aromatic carbocycles. The smallest absolute Gasteiger partial charge is 0.0207 e. The molecule has 15 heavy (non-hydrogen) atoms. The molecular formula is C13H28S2. The first-order valence-corrected chi connectivity index (χ1v) is 8.39. The zero-order valence-electron chi connectivity index (χ0n) is 11.3. The molecule has 0 aromatic rings. The van der Waals surface area contributed by atoms with Gasteiger partial charge in [-0.3, -0.25) is 0 Å². The Morgan fingerprint density at radius 1 is 1.00 bits per heavy atom.